The lowest BCUT2D eigenvalue weighted by molar-refractivity contribution is 0.137. The molecule has 0 saturated carbocycles. The highest BCUT2D eigenvalue weighted by Crippen LogP contribution is 2.29. The van der Waals surface area contributed by atoms with Crippen molar-refractivity contribution in [2.24, 2.45) is 0 Å². The van der Waals surface area contributed by atoms with E-state index in [1.807, 2.05) is 0 Å². The molecule has 2 heteroatoms. The number of rotatable bonds is 5. The number of unbranched alkanes of at least 4 members (excludes halogenated alkanes) is 1. The van der Waals surface area contributed by atoms with E-state index in [1.165, 1.54) is 50.5 Å². The Kier molecular flexibility index (Phi) is 4.07. The van der Waals surface area contributed by atoms with E-state index in [0.717, 1.165) is 5.75 Å². The van der Waals surface area contributed by atoms with E-state index in [0.29, 0.717) is 18.2 Å². The molecule has 104 valence electrons. The van der Waals surface area contributed by atoms with Crippen molar-refractivity contribution in [1.82, 2.24) is 5.32 Å². The second-order valence-corrected chi connectivity index (χ2v) is 6.10. The van der Waals surface area contributed by atoms with Crippen LogP contribution < -0.4 is 10.1 Å². The molecule has 0 radical (unpaired) electrons. The molecule has 3 atom stereocenters. The number of nitrogens with one attached hydrogen (secondary N) is 1. The smallest absolute Gasteiger partial charge is 0.119 e. The van der Waals surface area contributed by atoms with E-state index >= 15 is 0 Å². The number of piperidine rings is 1. The van der Waals surface area contributed by atoms with Crippen molar-refractivity contribution in [3.63, 3.8) is 0 Å². The summed E-state index contributed by atoms with van der Waals surface area (Å²) < 4.78 is 6.16. The zero-order chi connectivity index (χ0) is 13.1. The summed E-state index contributed by atoms with van der Waals surface area (Å²) in [6, 6.07) is 10.1. The van der Waals surface area contributed by atoms with Crippen molar-refractivity contribution in [2.45, 2.75) is 70.1 Å². The fraction of sp³-hybridized carbons (Fsp3) is 0.647. The summed E-state index contributed by atoms with van der Waals surface area (Å²) in [6.45, 7) is 2.24. The Morgan fingerprint density at radius 2 is 1.79 bits per heavy atom. The van der Waals surface area contributed by atoms with Gasteiger partial charge in [0, 0.05) is 12.1 Å². The lowest BCUT2D eigenvalue weighted by Gasteiger charge is -2.29. The van der Waals surface area contributed by atoms with Gasteiger partial charge in [0.25, 0.3) is 0 Å². The van der Waals surface area contributed by atoms with Gasteiger partial charge in [0.05, 0.1) is 0 Å². The fourth-order valence-corrected chi connectivity index (χ4v) is 3.41. The Hall–Kier alpha value is -1.02. The highest BCUT2D eigenvalue weighted by Gasteiger charge is 2.34. The molecule has 2 bridgehead atoms. The van der Waals surface area contributed by atoms with Gasteiger partial charge in [-0.05, 0) is 56.2 Å². The summed E-state index contributed by atoms with van der Waals surface area (Å²) in [5.74, 6) is 1.05. The molecule has 0 aromatic heterocycles. The Balaban J connectivity index is 1.54. The molecule has 0 amide bonds. The summed E-state index contributed by atoms with van der Waals surface area (Å²) in [6.07, 6.45) is 9.16. The van der Waals surface area contributed by atoms with Gasteiger partial charge in [-0.25, -0.2) is 0 Å². The average molecular weight is 259 g/mol. The van der Waals surface area contributed by atoms with E-state index in [4.69, 9.17) is 4.74 Å². The van der Waals surface area contributed by atoms with Crippen molar-refractivity contribution >= 4 is 0 Å². The van der Waals surface area contributed by atoms with Crippen LogP contribution in [0, 0.1) is 0 Å². The number of benzene rings is 1. The van der Waals surface area contributed by atoms with E-state index in [1.54, 1.807) is 0 Å². The maximum atomic E-state index is 6.16. The van der Waals surface area contributed by atoms with Crippen LogP contribution in [0.15, 0.2) is 24.3 Å². The van der Waals surface area contributed by atoms with Crippen molar-refractivity contribution in [3.05, 3.63) is 29.8 Å². The largest absolute Gasteiger partial charge is 0.490 e. The van der Waals surface area contributed by atoms with Gasteiger partial charge in [-0.15, -0.1) is 0 Å². The van der Waals surface area contributed by atoms with Gasteiger partial charge in [-0.2, -0.15) is 0 Å². The van der Waals surface area contributed by atoms with Gasteiger partial charge in [0.1, 0.15) is 11.9 Å². The minimum Gasteiger partial charge on any atom is -0.490 e. The van der Waals surface area contributed by atoms with Crippen molar-refractivity contribution in [3.8, 4) is 5.75 Å². The molecule has 0 aliphatic carbocycles. The van der Waals surface area contributed by atoms with E-state index < -0.39 is 0 Å². The number of aryl methyl sites for hydroxylation is 1. The molecule has 2 aliphatic rings. The Morgan fingerprint density at radius 1 is 1.11 bits per heavy atom. The number of fused-ring (bicyclic) bond motifs is 2. The monoisotopic (exact) mass is 259 g/mol. The summed E-state index contributed by atoms with van der Waals surface area (Å²) in [5, 5.41) is 3.66. The molecular weight excluding hydrogens is 234 g/mol. The fourth-order valence-electron chi connectivity index (χ4n) is 3.41. The highest BCUT2D eigenvalue weighted by molar-refractivity contribution is 5.27. The van der Waals surface area contributed by atoms with Crippen LogP contribution in [0.2, 0.25) is 0 Å². The topological polar surface area (TPSA) is 21.3 Å². The van der Waals surface area contributed by atoms with Gasteiger partial charge in [-0.1, -0.05) is 25.5 Å². The third kappa shape index (κ3) is 3.30. The van der Waals surface area contributed by atoms with Crippen LogP contribution in [-0.4, -0.2) is 18.2 Å². The zero-order valence-corrected chi connectivity index (χ0v) is 11.9. The van der Waals surface area contributed by atoms with Crippen LogP contribution in [0.1, 0.15) is 51.0 Å². The van der Waals surface area contributed by atoms with Gasteiger partial charge >= 0.3 is 0 Å². The third-order valence-electron chi connectivity index (χ3n) is 4.47. The summed E-state index contributed by atoms with van der Waals surface area (Å²) in [4.78, 5) is 0. The molecule has 0 unspecified atom stereocenters. The Morgan fingerprint density at radius 3 is 2.42 bits per heavy atom. The van der Waals surface area contributed by atoms with Crippen LogP contribution >= 0.6 is 0 Å². The first-order valence-electron chi connectivity index (χ1n) is 7.85. The third-order valence-corrected chi connectivity index (χ3v) is 4.47. The van der Waals surface area contributed by atoms with E-state index in [2.05, 4.69) is 36.5 Å². The molecule has 2 fully saturated rings. The van der Waals surface area contributed by atoms with Crippen molar-refractivity contribution in [2.75, 3.05) is 0 Å². The number of hydrogen-bond acceptors (Lipinski definition) is 2. The van der Waals surface area contributed by atoms with E-state index in [9.17, 15) is 0 Å². The summed E-state index contributed by atoms with van der Waals surface area (Å²) in [5.41, 5.74) is 1.43. The summed E-state index contributed by atoms with van der Waals surface area (Å²) in [7, 11) is 0. The molecule has 19 heavy (non-hydrogen) atoms. The maximum absolute atomic E-state index is 6.16. The first-order valence-corrected chi connectivity index (χ1v) is 7.85. The van der Waals surface area contributed by atoms with Gasteiger partial charge in [0.15, 0.2) is 0 Å². The number of ether oxygens (including phenoxy) is 1. The van der Waals surface area contributed by atoms with Crippen LogP contribution in [0.4, 0.5) is 0 Å². The summed E-state index contributed by atoms with van der Waals surface area (Å²) >= 11 is 0. The lowest BCUT2D eigenvalue weighted by atomic mass is 10.0. The van der Waals surface area contributed by atoms with Gasteiger partial charge in [-0.3, -0.25) is 0 Å². The predicted octanol–water partition coefficient (Wildman–Crippen LogP) is 3.69. The molecule has 0 spiro atoms. The maximum Gasteiger partial charge on any atom is 0.119 e. The molecule has 2 nitrogen and oxygen atoms in total. The first kappa shape index (κ1) is 13.0. The standard InChI is InChI=1S/C17H25NO/c1-2-3-4-13-5-9-16(10-6-13)19-17-11-14-7-8-15(12-17)18-14/h5-6,9-10,14-15,17-18H,2-4,7-8,11-12H2,1H3/t14-,15+,17+. The van der Waals surface area contributed by atoms with Crippen LogP contribution in [-0.2, 0) is 6.42 Å². The minimum atomic E-state index is 0.417. The zero-order valence-electron chi connectivity index (χ0n) is 11.9. The molecule has 1 N–H and O–H groups in total. The SMILES string of the molecule is CCCCc1ccc(O[C@H]2C[C@H]3CC[C@@H](C2)N3)cc1. The number of hydrogen-bond donors (Lipinski definition) is 1. The Labute approximate surface area is 116 Å². The minimum absolute atomic E-state index is 0.417. The van der Waals surface area contributed by atoms with Gasteiger partial charge in [0.2, 0.25) is 0 Å². The quantitative estimate of drug-likeness (QED) is 0.870. The van der Waals surface area contributed by atoms with Crippen LogP contribution in [0.25, 0.3) is 0 Å². The lowest BCUT2D eigenvalue weighted by Crippen LogP contribution is -2.42. The predicted molar refractivity (Wildman–Crippen MR) is 78.6 cm³/mol. The highest BCUT2D eigenvalue weighted by atomic mass is 16.5. The molecule has 3 rings (SSSR count). The molecule has 2 heterocycles. The Bertz CT molecular complexity index is 388. The molecule has 1 aromatic rings. The van der Waals surface area contributed by atoms with Gasteiger partial charge < -0.3 is 10.1 Å². The average Bonchev–Trinajstić information content (AvgIpc) is 2.77. The molecule has 2 aliphatic heterocycles. The molecular formula is C17H25NO. The second kappa shape index (κ2) is 5.96. The molecule has 2 saturated heterocycles. The molecule has 1 aromatic carbocycles. The first-order chi connectivity index (χ1) is 9.33. The van der Waals surface area contributed by atoms with Crippen LogP contribution in [0.5, 0.6) is 5.75 Å². The normalized spacial score (nSPS) is 29.4. The van der Waals surface area contributed by atoms with Crippen molar-refractivity contribution in [1.29, 1.82) is 0 Å². The van der Waals surface area contributed by atoms with Crippen molar-refractivity contribution < 1.29 is 4.74 Å². The van der Waals surface area contributed by atoms with Crippen LogP contribution in [0.3, 0.4) is 0 Å². The van der Waals surface area contributed by atoms with E-state index in [-0.39, 0.29) is 0 Å². The second-order valence-electron chi connectivity index (χ2n) is 6.10.